The van der Waals surface area contributed by atoms with E-state index in [2.05, 4.69) is 5.10 Å². The summed E-state index contributed by atoms with van der Waals surface area (Å²) in [6.45, 7) is 0. The van der Waals surface area contributed by atoms with Gasteiger partial charge in [-0.15, -0.1) is 11.3 Å². The van der Waals surface area contributed by atoms with Gasteiger partial charge in [0.05, 0.1) is 4.88 Å². The lowest BCUT2D eigenvalue weighted by Gasteiger charge is -1.92. The maximum atomic E-state index is 10.4. The van der Waals surface area contributed by atoms with Crippen LogP contribution in [0.25, 0.3) is 0 Å². The number of aliphatic carboxylic acids is 1. The molecule has 58 valence electrons. The van der Waals surface area contributed by atoms with E-state index in [0.717, 1.165) is 0 Å². The molecule has 4 nitrogen and oxygen atoms in total. The molecule has 0 aromatic carbocycles. The Morgan fingerprint density at radius 3 is 2.82 bits per heavy atom. The molecule has 0 saturated heterocycles. The molecule has 3 N–H and O–H groups in total. The first-order valence-corrected chi connectivity index (χ1v) is 3.68. The fourth-order valence-electron chi connectivity index (χ4n) is 0.638. The van der Waals surface area contributed by atoms with Crippen LogP contribution in [-0.4, -0.2) is 16.8 Å². The predicted molar refractivity (Wildman–Crippen MR) is 42.7 cm³/mol. The molecular weight excluding hydrogens is 164 g/mol. The van der Waals surface area contributed by atoms with Gasteiger partial charge in [0.25, 0.3) is 0 Å². The SMILES string of the molecule is NN=C(C(=O)O)c1cccs1. The van der Waals surface area contributed by atoms with Gasteiger partial charge in [-0.3, -0.25) is 0 Å². The Hall–Kier alpha value is -1.36. The maximum absolute atomic E-state index is 10.4. The van der Waals surface area contributed by atoms with Crippen LogP contribution in [-0.2, 0) is 4.79 Å². The van der Waals surface area contributed by atoms with E-state index in [4.69, 9.17) is 10.9 Å². The number of hydrazone groups is 1. The van der Waals surface area contributed by atoms with Gasteiger partial charge in [-0.2, -0.15) is 5.10 Å². The summed E-state index contributed by atoms with van der Waals surface area (Å²) >= 11 is 1.29. The Balaban J connectivity index is 2.99. The van der Waals surface area contributed by atoms with E-state index in [9.17, 15) is 4.79 Å². The van der Waals surface area contributed by atoms with Crippen molar-refractivity contribution in [2.75, 3.05) is 0 Å². The molecule has 0 bridgehead atoms. The van der Waals surface area contributed by atoms with Gasteiger partial charge in [0.2, 0.25) is 0 Å². The van der Waals surface area contributed by atoms with Crippen molar-refractivity contribution in [1.29, 1.82) is 0 Å². The third-order valence-corrected chi connectivity index (χ3v) is 1.96. The molecule has 1 heterocycles. The average Bonchev–Trinajstić information content (AvgIpc) is 2.40. The normalized spacial score (nSPS) is 11.5. The molecule has 1 aromatic heterocycles. The second kappa shape index (κ2) is 3.16. The number of rotatable bonds is 2. The van der Waals surface area contributed by atoms with Crippen LogP contribution in [0.2, 0.25) is 0 Å². The molecule has 5 heteroatoms. The number of carbonyl (C=O) groups is 1. The minimum atomic E-state index is -1.10. The van der Waals surface area contributed by atoms with Crippen molar-refractivity contribution in [3.63, 3.8) is 0 Å². The first-order chi connectivity index (χ1) is 5.25. The molecule has 0 aliphatic rings. The van der Waals surface area contributed by atoms with Crippen LogP contribution in [0.4, 0.5) is 0 Å². The van der Waals surface area contributed by atoms with Crippen LogP contribution >= 0.6 is 11.3 Å². The lowest BCUT2D eigenvalue weighted by atomic mass is 10.3. The van der Waals surface area contributed by atoms with Crippen LogP contribution in [0.15, 0.2) is 22.6 Å². The fourth-order valence-corrected chi connectivity index (χ4v) is 1.35. The molecule has 1 rings (SSSR count). The summed E-state index contributed by atoms with van der Waals surface area (Å²) in [7, 11) is 0. The smallest absolute Gasteiger partial charge is 0.357 e. The zero-order valence-corrected chi connectivity index (χ0v) is 6.34. The minimum absolute atomic E-state index is 0.0972. The zero-order valence-electron chi connectivity index (χ0n) is 5.52. The molecule has 0 spiro atoms. The summed E-state index contributed by atoms with van der Waals surface area (Å²) in [5.41, 5.74) is -0.0972. The molecule has 0 unspecified atom stereocenters. The van der Waals surface area contributed by atoms with E-state index in [1.54, 1.807) is 17.5 Å². The highest BCUT2D eigenvalue weighted by atomic mass is 32.1. The molecule has 0 amide bonds. The minimum Gasteiger partial charge on any atom is -0.476 e. The maximum Gasteiger partial charge on any atom is 0.357 e. The van der Waals surface area contributed by atoms with Gasteiger partial charge in [0.15, 0.2) is 5.71 Å². The van der Waals surface area contributed by atoms with E-state index in [0.29, 0.717) is 4.88 Å². The molecule has 0 radical (unpaired) electrons. The van der Waals surface area contributed by atoms with E-state index in [-0.39, 0.29) is 5.71 Å². The van der Waals surface area contributed by atoms with Crippen molar-refractivity contribution in [3.05, 3.63) is 22.4 Å². The van der Waals surface area contributed by atoms with Gasteiger partial charge in [-0.1, -0.05) is 6.07 Å². The standard InChI is InChI=1S/C6H6N2O2S/c7-8-5(6(9)10)4-2-1-3-11-4/h1-3H,7H2,(H,9,10). The first kappa shape index (κ1) is 7.74. The summed E-state index contributed by atoms with van der Waals surface area (Å²) in [5.74, 6) is 3.78. The third-order valence-electron chi connectivity index (χ3n) is 1.09. The monoisotopic (exact) mass is 170 g/mol. The number of thiophene rings is 1. The molecular formula is C6H6N2O2S. The Morgan fingerprint density at radius 1 is 1.73 bits per heavy atom. The average molecular weight is 170 g/mol. The fraction of sp³-hybridized carbons (Fsp3) is 0. The summed E-state index contributed by atoms with van der Waals surface area (Å²) in [6, 6.07) is 3.40. The first-order valence-electron chi connectivity index (χ1n) is 2.80. The van der Waals surface area contributed by atoms with Crippen LogP contribution in [0, 0.1) is 0 Å². The van der Waals surface area contributed by atoms with Crippen LogP contribution in [0.5, 0.6) is 0 Å². The van der Waals surface area contributed by atoms with Crippen molar-refractivity contribution in [2.24, 2.45) is 10.9 Å². The van der Waals surface area contributed by atoms with E-state index in [1.165, 1.54) is 11.3 Å². The van der Waals surface area contributed by atoms with Gasteiger partial charge in [0.1, 0.15) is 0 Å². The lowest BCUT2D eigenvalue weighted by molar-refractivity contribution is -0.129. The van der Waals surface area contributed by atoms with Gasteiger partial charge >= 0.3 is 5.97 Å². The van der Waals surface area contributed by atoms with Gasteiger partial charge < -0.3 is 10.9 Å². The highest BCUT2D eigenvalue weighted by molar-refractivity contribution is 7.13. The largest absolute Gasteiger partial charge is 0.476 e. The summed E-state index contributed by atoms with van der Waals surface area (Å²) < 4.78 is 0. The van der Waals surface area contributed by atoms with Gasteiger partial charge in [0, 0.05) is 0 Å². The number of hydrogen-bond donors (Lipinski definition) is 2. The Morgan fingerprint density at radius 2 is 2.45 bits per heavy atom. The number of nitrogens with two attached hydrogens (primary N) is 1. The Kier molecular flexibility index (Phi) is 2.22. The molecule has 0 fully saturated rings. The van der Waals surface area contributed by atoms with Gasteiger partial charge in [-0.25, -0.2) is 4.79 Å². The summed E-state index contributed by atoms with van der Waals surface area (Å²) in [6.07, 6.45) is 0. The van der Waals surface area contributed by atoms with Crippen molar-refractivity contribution in [2.45, 2.75) is 0 Å². The zero-order chi connectivity index (χ0) is 8.27. The van der Waals surface area contributed by atoms with Crippen LogP contribution in [0.3, 0.4) is 0 Å². The Bertz CT molecular complexity index is 279. The second-order valence-corrected chi connectivity index (χ2v) is 2.71. The highest BCUT2D eigenvalue weighted by Crippen LogP contribution is 2.09. The lowest BCUT2D eigenvalue weighted by Crippen LogP contribution is -2.14. The molecule has 11 heavy (non-hydrogen) atoms. The predicted octanol–water partition coefficient (Wildman–Crippen LogP) is 0.495. The van der Waals surface area contributed by atoms with E-state index in [1.807, 2.05) is 0 Å². The van der Waals surface area contributed by atoms with Crippen LogP contribution < -0.4 is 5.84 Å². The van der Waals surface area contributed by atoms with Gasteiger partial charge in [-0.05, 0) is 11.4 Å². The molecule has 1 aromatic rings. The van der Waals surface area contributed by atoms with Crippen molar-refractivity contribution in [3.8, 4) is 0 Å². The Labute approximate surface area is 67.0 Å². The van der Waals surface area contributed by atoms with Crippen molar-refractivity contribution < 1.29 is 9.90 Å². The number of carboxylic acid groups (broad SMARTS) is 1. The number of carboxylic acids is 1. The van der Waals surface area contributed by atoms with Crippen molar-refractivity contribution in [1.82, 2.24) is 0 Å². The highest BCUT2D eigenvalue weighted by Gasteiger charge is 2.11. The van der Waals surface area contributed by atoms with Crippen LogP contribution in [0.1, 0.15) is 4.88 Å². The number of hydrogen-bond acceptors (Lipinski definition) is 4. The quantitative estimate of drug-likeness (QED) is 0.385. The topological polar surface area (TPSA) is 75.7 Å². The summed E-state index contributed by atoms with van der Waals surface area (Å²) in [5, 5.41) is 13.5. The number of nitrogens with zero attached hydrogens (tertiary/aromatic N) is 1. The van der Waals surface area contributed by atoms with E-state index < -0.39 is 5.97 Å². The molecule has 0 atom stereocenters. The molecule has 0 aliphatic heterocycles. The van der Waals surface area contributed by atoms with Crippen molar-refractivity contribution >= 4 is 23.0 Å². The molecule has 0 aliphatic carbocycles. The second-order valence-electron chi connectivity index (χ2n) is 1.76. The van der Waals surface area contributed by atoms with E-state index >= 15 is 0 Å². The summed E-state index contributed by atoms with van der Waals surface area (Å²) in [4.78, 5) is 11.0. The third kappa shape index (κ3) is 1.56. The molecule has 0 saturated carbocycles.